The van der Waals surface area contributed by atoms with Crippen molar-refractivity contribution in [2.45, 2.75) is 24.7 Å². The van der Waals surface area contributed by atoms with Crippen LogP contribution < -0.4 is 10.2 Å². The van der Waals surface area contributed by atoms with Crippen LogP contribution in [0.25, 0.3) is 0 Å². The minimum absolute atomic E-state index is 0.0428. The fourth-order valence-corrected chi connectivity index (χ4v) is 5.71. The topological polar surface area (TPSA) is 53.4 Å². The van der Waals surface area contributed by atoms with Gasteiger partial charge in [0.05, 0.1) is 10.5 Å². The number of piperazine rings is 1. The second-order valence-electron chi connectivity index (χ2n) is 8.22. The van der Waals surface area contributed by atoms with Crippen molar-refractivity contribution in [2.75, 3.05) is 36.4 Å². The van der Waals surface area contributed by atoms with Crippen LogP contribution in [0.15, 0.2) is 46.3 Å². The zero-order valence-electron chi connectivity index (χ0n) is 17.7. The van der Waals surface area contributed by atoms with E-state index in [0.717, 1.165) is 15.2 Å². The molecule has 34 heavy (non-hydrogen) atoms. The van der Waals surface area contributed by atoms with Crippen LogP contribution in [-0.4, -0.2) is 52.9 Å². The highest BCUT2D eigenvalue weighted by atomic mass is 79.9. The van der Waals surface area contributed by atoms with Gasteiger partial charge in [-0.1, -0.05) is 6.07 Å². The molecule has 0 aliphatic carbocycles. The van der Waals surface area contributed by atoms with E-state index in [1.165, 1.54) is 23.5 Å². The van der Waals surface area contributed by atoms with Crippen molar-refractivity contribution in [3.05, 3.63) is 62.6 Å². The Bertz CT molecular complexity index is 1170. The van der Waals surface area contributed by atoms with Crippen molar-refractivity contribution in [3.63, 3.8) is 0 Å². The van der Waals surface area contributed by atoms with Gasteiger partial charge in [0.2, 0.25) is 0 Å². The fourth-order valence-electron chi connectivity index (χ4n) is 4.37. The number of hydrogen-bond donors (Lipinski definition) is 1. The van der Waals surface area contributed by atoms with Gasteiger partial charge in [-0.3, -0.25) is 4.79 Å². The Morgan fingerprint density at radius 3 is 2.44 bits per heavy atom. The Morgan fingerprint density at radius 1 is 1.12 bits per heavy atom. The average molecular weight is 558 g/mol. The summed E-state index contributed by atoms with van der Waals surface area (Å²) in [5.74, 6) is -0.596. The van der Waals surface area contributed by atoms with Gasteiger partial charge in [-0.2, -0.15) is 18.3 Å². The molecule has 1 aromatic carbocycles. The Kier molecular flexibility index (Phi) is 6.05. The minimum Gasteiger partial charge on any atom is -0.368 e. The average Bonchev–Trinajstić information content (AvgIpc) is 3.47. The number of aromatic nitrogens is 2. The zero-order valence-corrected chi connectivity index (χ0v) is 20.1. The third-order valence-corrected chi connectivity index (χ3v) is 7.88. The number of carbonyl (C=O) groups is 1. The van der Waals surface area contributed by atoms with Crippen molar-refractivity contribution in [2.24, 2.45) is 0 Å². The highest BCUT2D eigenvalue weighted by Gasteiger charge is 2.48. The summed E-state index contributed by atoms with van der Waals surface area (Å²) in [6.45, 7) is 1.79. The van der Waals surface area contributed by atoms with Gasteiger partial charge in [0.25, 0.3) is 5.91 Å². The number of hydrogen-bond acceptors (Lipinski definition) is 5. The van der Waals surface area contributed by atoms with Crippen LogP contribution in [0.2, 0.25) is 0 Å². The molecule has 1 fully saturated rings. The number of nitrogens with one attached hydrogen (secondary N) is 1. The fraction of sp³-hybridized carbons (Fsp3) is 0.364. The number of carbonyl (C=O) groups excluding carboxylic acids is 1. The van der Waals surface area contributed by atoms with Gasteiger partial charge in [0, 0.05) is 43.2 Å². The predicted octanol–water partition coefficient (Wildman–Crippen LogP) is 5.47. The number of anilines is 2. The maximum Gasteiger partial charge on any atom is 0.410 e. The van der Waals surface area contributed by atoms with Gasteiger partial charge in [0.1, 0.15) is 11.6 Å². The van der Waals surface area contributed by atoms with Crippen LogP contribution in [0.1, 0.15) is 33.9 Å². The van der Waals surface area contributed by atoms with E-state index < -0.39 is 24.2 Å². The lowest BCUT2D eigenvalue weighted by Crippen LogP contribution is -2.49. The first-order chi connectivity index (χ1) is 16.2. The lowest BCUT2D eigenvalue weighted by molar-refractivity contribution is -0.173. The number of nitrogens with zero attached hydrogens (tertiary/aromatic N) is 4. The Labute approximate surface area is 205 Å². The normalized spacial score (nSPS) is 20.7. The smallest absolute Gasteiger partial charge is 0.368 e. The molecule has 2 aromatic heterocycles. The maximum absolute atomic E-state index is 13.9. The van der Waals surface area contributed by atoms with Crippen molar-refractivity contribution in [3.8, 4) is 0 Å². The highest BCUT2D eigenvalue weighted by Crippen LogP contribution is 2.47. The molecule has 3 aromatic rings. The van der Waals surface area contributed by atoms with E-state index in [0.29, 0.717) is 26.2 Å². The van der Waals surface area contributed by atoms with E-state index in [2.05, 4.69) is 26.3 Å². The van der Waals surface area contributed by atoms with Gasteiger partial charge in [-0.05, 0) is 51.6 Å². The van der Waals surface area contributed by atoms with Gasteiger partial charge in [-0.15, -0.1) is 11.3 Å². The van der Waals surface area contributed by atoms with E-state index >= 15 is 0 Å². The number of alkyl halides is 3. The van der Waals surface area contributed by atoms with E-state index in [1.807, 2.05) is 10.3 Å². The molecule has 1 amide bonds. The molecule has 4 heterocycles. The monoisotopic (exact) mass is 557 g/mol. The summed E-state index contributed by atoms with van der Waals surface area (Å²) in [7, 11) is 0. The Balaban J connectivity index is 1.37. The van der Waals surface area contributed by atoms with E-state index in [-0.39, 0.29) is 28.2 Å². The van der Waals surface area contributed by atoms with Crippen molar-refractivity contribution in [1.29, 1.82) is 0 Å². The molecule has 2 atom stereocenters. The van der Waals surface area contributed by atoms with Gasteiger partial charge < -0.3 is 15.1 Å². The Hall–Kier alpha value is -2.60. The lowest BCUT2D eigenvalue weighted by atomic mass is 10.0. The Morgan fingerprint density at radius 2 is 1.82 bits per heavy atom. The molecule has 2 aliphatic heterocycles. The largest absolute Gasteiger partial charge is 0.410 e. The van der Waals surface area contributed by atoms with Gasteiger partial charge in [-0.25, -0.2) is 9.07 Å². The third kappa shape index (κ3) is 4.28. The number of thiophene rings is 1. The van der Waals surface area contributed by atoms with Crippen LogP contribution in [0.4, 0.5) is 29.1 Å². The molecular formula is C22H20BrF4N5OS. The SMILES string of the molecule is O=C(c1nn2c(c1Br)N[C@H](c1cccs1)C[C@H]2C(F)(F)F)N1CCN(c2ccc(F)cc2)CC1. The molecule has 0 unspecified atom stereocenters. The number of rotatable bonds is 3. The number of fused-ring (bicyclic) bond motifs is 1. The van der Waals surface area contributed by atoms with E-state index in [9.17, 15) is 22.4 Å². The quantitative estimate of drug-likeness (QED) is 0.434. The van der Waals surface area contributed by atoms with Gasteiger partial charge >= 0.3 is 6.18 Å². The first kappa shape index (κ1) is 23.2. The molecule has 1 saturated heterocycles. The van der Waals surface area contributed by atoms with E-state index in [1.54, 1.807) is 29.2 Å². The zero-order chi connectivity index (χ0) is 24.0. The van der Waals surface area contributed by atoms with Crippen LogP contribution in [0, 0.1) is 5.82 Å². The molecule has 5 rings (SSSR count). The highest BCUT2D eigenvalue weighted by molar-refractivity contribution is 9.10. The third-order valence-electron chi connectivity index (χ3n) is 6.14. The van der Waals surface area contributed by atoms with Crippen LogP contribution >= 0.6 is 27.3 Å². The summed E-state index contributed by atoms with van der Waals surface area (Å²) in [5.41, 5.74) is 0.808. The summed E-state index contributed by atoms with van der Waals surface area (Å²) in [5, 5.41) is 9.08. The molecule has 12 heteroatoms. The van der Waals surface area contributed by atoms with Gasteiger partial charge in [0.15, 0.2) is 11.7 Å². The van der Waals surface area contributed by atoms with E-state index in [4.69, 9.17) is 0 Å². The molecule has 2 aliphatic rings. The molecular weight excluding hydrogens is 538 g/mol. The first-order valence-electron chi connectivity index (χ1n) is 10.7. The number of halogens is 5. The summed E-state index contributed by atoms with van der Waals surface area (Å²) in [6.07, 6.45) is -4.73. The van der Waals surface area contributed by atoms with Crippen LogP contribution in [-0.2, 0) is 0 Å². The predicted molar refractivity (Wildman–Crippen MR) is 125 cm³/mol. The second kappa shape index (κ2) is 8.88. The first-order valence-corrected chi connectivity index (χ1v) is 12.3. The number of benzene rings is 1. The maximum atomic E-state index is 13.9. The second-order valence-corrected chi connectivity index (χ2v) is 9.99. The summed E-state index contributed by atoms with van der Waals surface area (Å²) in [4.78, 5) is 17.6. The molecule has 6 nitrogen and oxygen atoms in total. The van der Waals surface area contributed by atoms with Crippen molar-refractivity contribution < 1.29 is 22.4 Å². The standard InChI is InChI=1S/C22H20BrF4N5OS/c23-18-19(21(33)31-9-7-30(8-10-31)14-5-3-13(24)4-6-14)29-32-17(22(25,26)27)12-15(28-20(18)32)16-2-1-11-34-16/h1-6,11,15,17,28H,7-10,12H2/t15-,17-/m0/s1. The van der Waals surface area contributed by atoms with Crippen LogP contribution in [0.5, 0.6) is 0 Å². The number of amides is 1. The summed E-state index contributed by atoms with van der Waals surface area (Å²) < 4.78 is 56.1. The molecule has 0 bridgehead atoms. The van der Waals surface area contributed by atoms with Crippen molar-refractivity contribution >= 4 is 44.7 Å². The summed E-state index contributed by atoms with van der Waals surface area (Å²) >= 11 is 4.72. The summed E-state index contributed by atoms with van der Waals surface area (Å²) in [6, 6.07) is 7.34. The minimum atomic E-state index is -4.51. The lowest BCUT2D eigenvalue weighted by Gasteiger charge is -2.35. The van der Waals surface area contributed by atoms with Crippen molar-refractivity contribution in [1.82, 2.24) is 14.7 Å². The molecule has 1 N–H and O–H groups in total. The molecule has 0 saturated carbocycles. The van der Waals surface area contributed by atoms with Crippen LogP contribution in [0.3, 0.4) is 0 Å². The molecule has 0 spiro atoms. The molecule has 0 radical (unpaired) electrons. The molecule has 180 valence electrons.